The van der Waals surface area contributed by atoms with Crippen molar-refractivity contribution in [3.8, 4) is 5.75 Å². The number of carbonyl (C=O) groups excluding carboxylic acids is 1. The van der Waals surface area contributed by atoms with Crippen molar-refractivity contribution in [2.24, 2.45) is 14.7 Å². The van der Waals surface area contributed by atoms with E-state index in [1.165, 1.54) is 0 Å². The quantitative estimate of drug-likeness (QED) is 0.530. The number of rotatable bonds is 5. The van der Waals surface area contributed by atoms with Gasteiger partial charge in [0.2, 0.25) is 0 Å². The van der Waals surface area contributed by atoms with Crippen LogP contribution in [-0.4, -0.2) is 41.0 Å². The molecule has 1 aliphatic rings. The van der Waals surface area contributed by atoms with Crippen molar-refractivity contribution < 1.29 is 23.4 Å². The van der Waals surface area contributed by atoms with Gasteiger partial charge in [-0.25, -0.2) is 9.00 Å². The summed E-state index contributed by atoms with van der Waals surface area (Å²) in [6.07, 6.45) is 0. The lowest BCUT2D eigenvalue weighted by molar-refractivity contribution is -0.767. The minimum Gasteiger partial charge on any atom is -0.505 e. The van der Waals surface area contributed by atoms with Crippen LogP contribution in [0.4, 0.5) is 5.69 Å². The van der Waals surface area contributed by atoms with Crippen LogP contribution in [0.15, 0.2) is 43.5 Å². The lowest BCUT2D eigenvalue weighted by Gasteiger charge is -2.22. The van der Waals surface area contributed by atoms with E-state index < -0.39 is 11.2 Å². The van der Waals surface area contributed by atoms with Crippen molar-refractivity contribution in [1.29, 1.82) is 0 Å². The van der Waals surface area contributed by atoms with Crippen LogP contribution in [0.25, 0.3) is 0 Å². The fourth-order valence-electron chi connectivity index (χ4n) is 3.00. The van der Waals surface area contributed by atoms with Crippen LogP contribution in [-0.2, 0) is 11.2 Å². The monoisotopic (exact) mass is 432 g/mol. The second-order valence-corrected chi connectivity index (χ2v) is 8.41. The highest BCUT2D eigenvalue weighted by Crippen LogP contribution is 2.28. The number of hydrogen-bond donors (Lipinski definition) is 4. The van der Waals surface area contributed by atoms with E-state index in [0.717, 1.165) is 11.5 Å². The maximum Gasteiger partial charge on any atom is 0.347 e. The molecule has 0 spiro atoms. The minimum absolute atomic E-state index is 0.144. The average Bonchev–Trinajstić information content (AvgIpc) is 3.25. The highest BCUT2D eigenvalue weighted by molar-refractivity contribution is 7.83. The molecule has 0 bridgehead atoms. The number of benzene rings is 1. The highest BCUT2D eigenvalue weighted by atomic mass is 32.2. The third kappa shape index (κ3) is 4.60. The van der Waals surface area contributed by atoms with Crippen LogP contribution in [0.2, 0.25) is 0 Å². The number of anilines is 1. The topological polar surface area (TPSA) is 121 Å². The Hall–Kier alpha value is -2.98. The Balaban J connectivity index is 1.86. The van der Waals surface area contributed by atoms with Gasteiger partial charge in [-0.05, 0) is 37.1 Å². The normalized spacial score (nSPS) is 17.1. The van der Waals surface area contributed by atoms with E-state index in [2.05, 4.69) is 19.4 Å². The molecular formula is C20H26N5O4S+. The van der Waals surface area contributed by atoms with Crippen molar-refractivity contribution in [2.45, 2.75) is 26.8 Å². The SMILES string of the molecule is Cc1ccc(C(NC2=NS(=O)N=C2Nc2cccc(C(=O)[NH+](C)C)c2O)C(C)C)o1. The first-order valence-corrected chi connectivity index (χ1v) is 10.6. The molecule has 2 atom stereocenters. The third-order valence-corrected chi connectivity index (χ3v) is 5.25. The summed E-state index contributed by atoms with van der Waals surface area (Å²) in [4.78, 5) is 12.9. The fraction of sp³-hybridized carbons (Fsp3) is 0.350. The molecular weight excluding hydrogens is 406 g/mol. The van der Waals surface area contributed by atoms with Crippen LogP contribution in [0, 0.1) is 12.8 Å². The van der Waals surface area contributed by atoms with Crippen LogP contribution in [0.5, 0.6) is 5.75 Å². The van der Waals surface area contributed by atoms with Gasteiger partial charge in [-0.15, -0.1) is 8.80 Å². The number of nitrogens with one attached hydrogen (secondary N) is 3. The van der Waals surface area contributed by atoms with Crippen LogP contribution in [0.1, 0.15) is 41.8 Å². The first-order chi connectivity index (χ1) is 14.2. The number of amidine groups is 2. The molecule has 1 aliphatic heterocycles. The number of hydrogen-bond acceptors (Lipinski definition) is 6. The number of aromatic hydroxyl groups is 1. The zero-order chi connectivity index (χ0) is 22.0. The molecule has 1 aromatic carbocycles. The van der Waals surface area contributed by atoms with E-state index in [0.29, 0.717) is 4.90 Å². The molecule has 3 rings (SSSR count). The van der Waals surface area contributed by atoms with Gasteiger partial charge in [0.25, 0.3) is 11.2 Å². The van der Waals surface area contributed by atoms with Gasteiger partial charge in [0.1, 0.15) is 17.1 Å². The Morgan fingerprint density at radius 1 is 1.17 bits per heavy atom. The largest absolute Gasteiger partial charge is 0.505 e. The van der Waals surface area contributed by atoms with E-state index >= 15 is 0 Å². The van der Waals surface area contributed by atoms with Crippen LogP contribution < -0.4 is 15.5 Å². The predicted octanol–water partition coefficient (Wildman–Crippen LogP) is 1.37. The first-order valence-electron chi connectivity index (χ1n) is 9.54. The van der Waals surface area contributed by atoms with Crippen molar-refractivity contribution in [3.63, 3.8) is 0 Å². The molecule has 0 fully saturated rings. The molecule has 160 valence electrons. The highest BCUT2D eigenvalue weighted by Gasteiger charge is 2.28. The van der Waals surface area contributed by atoms with Crippen LogP contribution >= 0.6 is 0 Å². The van der Waals surface area contributed by atoms with Gasteiger partial charge in [0.05, 0.1) is 25.8 Å². The van der Waals surface area contributed by atoms with Gasteiger partial charge >= 0.3 is 5.91 Å². The van der Waals surface area contributed by atoms with Crippen LogP contribution in [0.3, 0.4) is 0 Å². The molecule has 2 aromatic rings. The Bertz CT molecular complexity index is 1040. The number of quaternary nitrogens is 1. The molecule has 2 heterocycles. The van der Waals surface area contributed by atoms with Crippen molar-refractivity contribution >= 4 is 34.4 Å². The first kappa shape index (κ1) is 21.7. The maximum absolute atomic E-state index is 12.3. The Morgan fingerprint density at radius 2 is 1.87 bits per heavy atom. The molecule has 0 saturated carbocycles. The lowest BCUT2D eigenvalue weighted by atomic mass is 10.0. The summed E-state index contributed by atoms with van der Waals surface area (Å²) in [6, 6.07) is 8.34. The Morgan fingerprint density at radius 3 is 2.47 bits per heavy atom. The summed E-state index contributed by atoms with van der Waals surface area (Å²) in [6.45, 7) is 5.91. The average molecular weight is 433 g/mol. The molecule has 1 aromatic heterocycles. The summed E-state index contributed by atoms with van der Waals surface area (Å²) < 4.78 is 25.8. The minimum atomic E-state index is -1.80. The molecule has 30 heavy (non-hydrogen) atoms. The number of carbonyl (C=O) groups is 1. The van der Waals surface area contributed by atoms with Crippen molar-refractivity contribution in [3.05, 3.63) is 47.4 Å². The summed E-state index contributed by atoms with van der Waals surface area (Å²) in [7, 11) is 3.37. The van der Waals surface area contributed by atoms with Crippen molar-refractivity contribution in [2.75, 3.05) is 19.4 Å². The second kappa shape index (κ2) is 8.80. The number of phenols is 1. The maximum atomic E-state index is 12.3. The van der Waals surface area contributed by atoms with Crippen molar-refractivity contribution in [1.82, 2.24) is 5.32 Å². The lowest BCUT2D eigenvalue weighted by Crippen LogP contribution is -3.08. The second-order valence-electron chi connectivity index (χ2n) is 7.58. The van der Waals surface area contributed by atoms with E-state index in [-0.39, 0.29) is 46.5 Å². The Labute approximate surface area is 177 Å². The molecule has 4 N–H and O–H groups in total. The van der Waals surface area contributed by atoms with Gasteiger partial charge in [-0.3, -0.25) is 4.90 Å². The standard InChI is InChI=1S/C20H25N5O4S/c1-11(2)16(15-10-9-12(3)29-15)22-19-18(23-30(28)24-19)21-14-8-6-7-13(17(14)26)20(27)25(4)5/h6-11,16,26H,1-5H3,(H,21,23)(H,22,24)/p+1. The molecule has 1 amide bonds. The summed E-state index contributed by atoms with van der Waals surface area (Å²) >= 11 is -1.80. The number of para-hydroxylation sites is 1. The number of nitrogens with zero attached hydrogens (tertiary/aromatic N) is 2. The fourth-order valence-corrected chi connectivity index (χ4v) is 3.62. The molecule has 10 heteroatoms. The van der Waals surface area contributed by atoms with Gasteiger partial charge in [-0.1, -0.05) is 19.9 Å². The zero-order valence-electron chi connectivity index (χ0n) is 17.5. The Kier molecular flexibility index (Phi) is 6.37. The smallest absolute Gasteiger partial charge is 0.347 e. The molecule has 9 nitrogen and oxygen atoms in total. The van der Waals surface area contributed by atoms with Gasteiger partial charge in [0.15, 0.2) is 17.4 Å². The van der Waals surface area contributed by atoms with E-state index in [1.807, 2.05) is 32.9 Å². The molecule has 0 aliphatic carbocycles. The van der Waals surface area contributed by atoms with E-state index in [9.17, 15) is 14.1 Å². The summed E-state index contributed by atoms with van der Waals surface area (Å²) in [5.41, 5.74) is 0.446. The van der Waals surface area contributed by atoms with E-state index in [4.69, 9.17) is 4.42 Å². The number of furan rings is 1. The van der Waals surface area contributed by atoms with Gasteiger partial charge < -0.3 is 20.2 Å². The molecule has 0 saturated heterocycles. The third-order valence-electron chi connectivity index (χ3n) is 4.58. The molecule has 0 radical (unpaired) electrons. The zero-order valence-corrected chi connectivity index (χ0v) is 18.3. The number of aryl methyl sites for hydroxylation is 1. The predicted molar refractivity (Wildman–Crippen MR) is 116 cm³/mol. The molecule has 2 unspecified atom stereocenters. The number of amides is 1. The van der Waals surface area contributed by atoms with E-state index in [1.54, 1.807) is 32.3 Å². The van der Waals surface area contributed by atoms with Gasteiger partial charge in [0, 0.05) is 0 Å². The van der Waals surface area contributed by atoms with Gasteiger partial charge in [-0.2, -0.15) is 0 Å². The number of phenolic OH excluding ortho intramolecular Hbond substituents is 1. The summed E-state index contributed by atoms with van der Waals surface area (Å²) in [5.74, 6) is 1.70. The summed E-state index contributed by atoms with van der Waals surface area (Å²) in [5, 5.41) is 16.8.